The Balaban J connectivity index is 2.72. The highest BCUT2D eigenvalue weighted by Crippen LogP contribution is 2.42. The second-order valence-electron chi connectivity index (χ2n) is 4.72. The Morgan fingerprint density at radius 3 is 2.18 bits per heavy atom. The summed E-state index contributed by atoms with van der Waals surface area (Å²) in [4.78, 5) is 0. The quantitative estimate of drug-likeness (QED) is 0.571. The number of rotatable bonds is 0. The van der Waals surface area contributed by atoms with Gasteiger partial charge in [-0.1, -0.05) is 27.7 Å². The molecule has 0 aromatic carbocycles. The summed E-state index contributed by atoms with van der Waals surface area (Å²) < 4.78 is 0. The summed E-state index contributed by atoms with van der Waals surface area (Å²) in [7, 11) is 0. The maximum Gasteiger partial charge on any atom is 0.0619 e. The summed E-state index contributed by atoms with van der Waals surface area (Å²) in [6.45, 7) is 8.75. The topological polar surface area (TPSA) is 20.2 Å². The average molecular weight is 156 g/mol. The molecule has 0 aliphatic heterocycles. The van der Waals surface area contributed by atoms with Crippen LogP contribution in [0.2, 0.25) is 0 Å². The van der Waals surface area contributed by atoms with E-state index >= 15 is 0 Å². The van der Waals surface area contributed by atoms with Crippen molar-refractivity contribution in [2.24, 2.45) is 17.3 Å². The van der Waals surface area contributed by atoms with E-state index < -0.39 is 0 Å². The van der Waals surface area contributed by atoms with Crippen molar-refractivity contribution in [1.29, 1.82) is 0 Å². The minimum absolute atomic E-state index is 0.105. The van der Waals surface area contributed by atoms with E-state index in [2.05, 4.69) is 27.7 Å². The predicted octanol–water partition coefficient (Wildman–Crippen LogP) is 2.44. The van der Waals surface area contributed by atoms with Gasteiger partial charge in [-0.05, 0) is 30.1 Å². The van der Waals surface area contributed by atoms with Gasteiger partial charge in [0.1, 0.15) is 0 Å². The smallest absolute Gasteiger partial charge is 0.0619 e. The fraction of sp³-hybridized carbons (Fsp3) is 1.00. The van der Waals surface area contributed by atoms with Crippen LogP contribution in [-0.4, -0.2) is 11.2 Å². The van der Waals surface area contributed by atoms with Crippen LogP contribution < -0.4 is 0 Å². The molecule has 0 heterocycles. The molecule has 1 rings (SSSR count). The first-order valence-electron chi connectivity index (χ1n) is 4.64. The SMILES string of the molecule is CC1CCC(C)C(C)(C)[C@@H]1O. The summed E-state index contributed by atoms with van der Waals surface area (Å²) in [5.74, 6) is 1.15. The van der Waals surface area contributed by atoms with Gasteiger partial charge in [-0.2, -0.15) is 0 Å². The maximum absolute atomic E-state index is 9.88. The third-order valence-corrected chi connectivity index (χ3v) is 3.63. The van der Waals surface area contributed by atoms with E-state index in [1.54, 1.807) is 0 Å². The van der Waals surface area contributed by atoms with Crippen LogP contribution in [0.4, 0.5) is 0 Å². The zero-order chi connectivity index (χ0) is 8.65. The normalized spacial score (nSPS) is 43.9. The predicted molar refractivity (Wildman–Crippen MR) is 47.3 cm³/mol. The monoisotopic (exact) mass is 156 g/mol. The highest BCUT2D eigenvalue weighted by atomic mass is 16.3. The molecule has 0 aromatic rings. The van der Waals surface area contributed by atoms with Gasteiger partial charge in [0.2, 0.25) is 0 Å². The molecule has 1 fully saturated rings. The lowest BCUT2D eigenvalue weighted by Crippen LogP contribution is -2.43. The van der Waals surface area contributed by atoms with E-state index in [1.165, 1.54) is 12.8 Å². The molecule has 1 N–H and O–H groups in total. The zero-order valence-electron chi connectivity index (χ0n) is 8.09. The van der Waals surface area contributed by atoms with Crippen LogP contribution in [-0.2, 0) is 0 Å². The van der Waals surface area contributed by atoms with Crippen molar-refractivity contribution in [3.8, 4) is 0 Å². The fourth-order valence-electron chi connectivity index (χ4n) is 2.07. The van der Waals surface area contributed by atoms with E-state index in [1.807, 2.05) is 0 Å². The highest BCUT2D eigenvalue weighted by molar-refractivity contribution is 4.90. The van der Waals surface area contributed by atoms with Crippen molar-refractivity contribution in [2.45, 2.75) is 46.6 Å². The maximum atomic E-state index is 9.88. The Kier molecular flexibility index (Phi) is 2.29. The van der Waals surface area contributed by atoms with E-state index in [-0.39, 0.29) is 11.5 Å². The molecule has 66 valence electrons. The van der Waals surface area contributed by atoms with Gasteiger partial charge >= 0.3 is 0 Å². The van der Waals surface area contributed by atoms with Crippen LogP contribution >= 0.6 is 0 Å². The summed E-state index contributed by atoms with van der Waals surface area (Å²) >= 11 is 0. The zero-order valence-corrected chi connectivity index (χ0v) is 8.09. The number of hydrogen-bond donors (Lipinski definition) is 1. The standard InChI is InChI=1S/C10H20O/c1-7-5-6-8(2)10(3,4)9(7)11/h7-9,11H,5-6H2,1-4H3/t7?,8?,9-/m1/s1. The third-order valence-electron chi connectivity index (χ3n) is 3.63. The number of aliphatic hydroxyl groups excluding tert-OH is 1. The molecule has 0 spiro atoms. The molecule has 1 heteroatoms. The van der Waals surface area contributed by atoms with Crippen molar-refractivity contribution < 1.29 is 5.11 Å². The highest BCUT2D eigenvalue weighted by Gasteiger charge is 2.40. The second kappa shape index (κ2) is 2.78. The van der Waals surface area contributed by atoms with E-state index in [9.17, 15) is 5.11 Å². The van der Waals surface area contributed by atoms with Gasteiger partial charge in [-0.15, -0.1) is 0 Å². The fourth-order valence-corrected chi connectivity index (χ4v) is 2.07. The molecule has 0 saturated heterocycles. The minimum Gasteiger partial charge on any atom is -0.392 e. The third kappa shape index (κ3) is 1.44. The van der Waals surface area contributed by atoms with Crippen LogP contribution in [0.15, 0.2) is 0 Å². The Morgan fingerprint density at radius 2 is 1.73 bits per heavy atom. The molecule has 2 unspecified atom stereocenters. The summed E-state index contributed by atoms with van der Waals surface area (Å²) in [6.07, 6.45) is 2.35. The molecule has 1 aliphatic carbocycles. The van der Waals surface area contributed by atoms with Gasteiger partial charge in [-0.25, -0.2) is 0 Å². The molecule has 0 aromatic heterocycles. The molecule has 11 heavy (non-hydrogen) atoms. The van der Waals surface area contributed by atoms with Crippen molar-refractivity contribution >= 4 is 0 Å². The van der Waals surface area contributed by atoms with Crippen molar-refractivity contribution in [2.75, 3.05) is 0 Å². The first-order valence-corrected chi connectivity index (χ1v) is 4.64. The summed E-state index contributed by atoms with van der Waals surface area (Å²) in [5.41, 5.74) is 0.123. The molecule has 0 bridgehead atoms. The van der Waals surface area contributed by atoms with Crippen LogP contribution in [0.1, 0.15) is 40.5 Å². The number of aliphatic hydroxyl groups is 1. The Hall–Kier alpha value is -0.0400. The van der Waals surface area contributed by atoms with Gasteiger partial charge < -0.3 is 5.11 Å². The van der Waals surface area contributed by atoms with Gasteiger partial charge in [-0.3, -0.25) is 0 Å². The summed E-state index contributed by atoms with van der Waals surface area (Å²) in [5, 5.41) is 9.88. The van der Waals surface area contributed by atoms with E-state index in [0.717, 1.165) is 0 Å². The molecular formula is C10H20O. The molecular weight excluding hydrogens is 136 g/mol. The molecule has 1 aliphatic rings. The van der Waals surface area contributed by atoms with Crippen molar-refractivity contribution in [3.63, 3.8) is 0 Å². The Bertz CT molecular complexity index is 140. The van der Waals surface area contributed by atoms with Crippen LogP contribution in [0.25, 0.3) is 0 Å². The summed E-state index contributed by atoms with van der Waals surface area (Å²) in [6, 6.07) is 0. The van der Waals surface area contributed by atoms with Gasteiger partial charge in [0.15, 0.2) is 0 Å². The van der Waals surface area contributed by atoms with Gasteiger partial charge in [0, 0.05) is 0 Å². The van der Waals surface area contributed by atoms with Crippen molar-refractivity contribution in [1.82, 2.24) is 0 Å². The second-order valence-corrected chi connectivity index (χ2v) is 4.72. The lowest BCUT2D eigenvalue weighted by Gasteiger charge is -2.44. The van der Waals surface area contributed by atoms with Gasteiger partial charge in [0.05, 0.1) is 6.10 Å². The minimum atomic E-state index is -0.105. The average Bonchev–Trinajstić information content (AvgIpc) is 1.95. The van der Waals surface area contributed by atoms with Crippen molar-refractivity contribution in [3.05, 3.63) is 0 Å². The van der Waals surface area contributed by atoms with E-state index in [4.69, 9.17) is 0 Å². The van der Waals surface area contributed by atoms with Crippen LogP contribution in [0.3, 0.4) is 0 Å². The Morgan fingerprint density at radius 1 is 1.18 bits per heavy atom. The molecule has 0 amide bonds. The van der Waals surface area contributed by atoms with Gasteiger partial charge in [0.25, 0.3) is 0 Å². The Labute approximate surface area is 69.8 Å². The number of hydrogen-bond acceptors (Lipinski definition) is 1. The van der Waals surface area contributed by atoms with Crippen LogP contribution in [0, 0.1) is 17.3 Å². The first-order chi connectivity index (χ1) is 4.96. The van der Waals surface area contributed by atoms with Crippen LogP contribution in [0.5, 0.6) is 0 Å². The lowest BCUT2D eigenvalue weighted by molar-refractivity contribution is -0.0579. The molecule has 3 atom stereocenters. The van der Waals surface area contributed by atoms with E-state index in [0.29, 0.717) is 11.8 Å². The molecule has 1 nitrogen and oxygen atoms in total. The first kappa shape index (κ1) is 9.05. The molecule has 0 radical (unpaired) electrons. The lowest BCUT2D eigenvalue weighted by atomic mass is 9.64. The largest absolute Gasteiger partial charge is 0.392 e. The molecule has 1 saturated carbocycles.